The molecule has 0 rings (SSSR count). The summed E-state index contributed by atoms with van der Waals surface area (Å²) in [6, 6.07) is 0. The normalized spacial score (nSPS) is 7.25. The molecule has 0 aromatic heterocycles. The Morgan fingerprint density at radius 1 is 1.00 bits per heavy atom. The molecule has 0 aliphatic rings. The first-order valence-electron chi connectivity index (χ1n) is 0.667. The van der Waals surface area contributed by atoms with Crippen molar-refractivity contribution in [1.82, 2.24) is 0 Å². The maximum absolute atomic E-state index is 8.63. The summed E-state index contributed by atoms with van der Waals surface area (Å²) in [5, 5.41) is 0. The van der Waals surface area contributed by atoms with Crippen LogP contribution in [0.25, 0.3) is 0 Å². The van der Waals surface area contributed by atoms with Crippen LogP contribution in [-0.2, 0) is 23.5 Å². The van der Waals surface area contributed by atoms with Gasteiger partial charge in [-0.3, -0.25) is 0 Å². The molecule has 8 heteroatoms. The first kappa shape index (κ1) is 22.5. The molecule has 0 aromatic carbocycles. The number of hydrogen-bond acceptors (Lipinski definition) is 4. The van der Waals surface area contributed by atoms with Gasteiger partial charge in [0, 0.05) is 0 Å². The SMILES string of the molecule is O.[Na+].[Na+].[O]=[Mo](=[O])([O-])[O-]. The van der Waals surface area contributed by atoms with E-state index >= 15 is 0 Å². The van der Waals surface area contributed by atoms with Gasteiger partial charge in [-0.2, -0.15) is 0 Å². The number of hydrogen-bond donors (Lipinski definition) is 0. The van der Waals surface area contributed by atoms with Crippen LogP contribution in [0.1, 0.15) is 0 Å². The molecule has 0 heterocycles. The van der Waals surface area contributed by atoms with E-state index in [1.165, 1.54) is 0 Å². The van der Waals surface area contributed by atoms with Crippen LogP contribution < -0.4 is 66.6 Å². The second-order valence-electron chi connectivity index (χ2n) is 0.408. The Balaban J connectivity index is -0.0000000267. The van der Waals surface area contributed by atoms with E-state index in [1.54, 1.807) is 0 Å². The molecule has 0 aromatic rings. The van der Waals surface area contributed by atoms with Gasteiger partial charge in [0.15, 0.2) is 0 Å². The molecule has 0 aliphatic carbocycles. The number of rotatable bonds is 0. The molecule has 8 heavy (non-hydrogen) atoms. The molecule has 0 atom stereocenters. The molecule has 0 unspecified atom stereocenters. The standard InChI is InChI=1S/Mo.2Na.H2O.4O/h;;;1H2;;;;/q;2*+1;;;;2*-1. The van der Waals surface area contributed by atoms with Crippen molar-refractivity contribution in [3.05, 3.63) is 0 Å². The topological polar surface area (TPSA) is 112 Å². The van der Waals surface area contributed by atoms with E-state index in [0.717, 1.165) is 0 Å². The Morgan fingerprint density at radius 3 is 1.00 bits per heavy atom. The Bertz CT molecular complexity index is 93.6. The van der Waals surface area contributed by atoms with Crippen molar-refractivity contribution in [1.29, 1.82) is 0 Å². The molecule has 0 spiro atoms. The maximum atomic E-state index is 8.63. The molecule has 0 amide bonds. The summed E-state index contributed by atoms with van der Waals surface area (Å²) in [5.41, 5.74) is 0. The van der Waals surface area contributed by atoms with Crippen molar-refractivity contribution in [2.45, 2.75) is 0 Å². The predicted octanol–water partition coefficient (Wildman–Crippen LogP) is -9.43. The van der Waals surface area contributed by atoms with Gasteiger partial charge in [-0.05, 0) is 0 Å². The van der Waals surface area contributed by atoms with Crippen LogP contribution in [0, 0.1) is 0 Å². The molecule has 0 radical (unpaired) electrons. The van der Waals surface area contributed by atoms with Crippen LogP contribution in [0.4, 0.5) is 0 Å². The van der Waals surface area contributed by atoms with Crippen molar-refractivity contribution < 1.29 is 95.7 Å². The molecular formula is H2MoNa2O5. The van der Waals surface area contributed by atoms with Gasteiger partial charge in [-0.15, -0.1) is 0 Å². The molecule has 5 nitrogen and oxygen atoms in total. The molecule has 0 saturated carbocycles. The van der Waals surface area contributed by atoms with E-state index in [4.69, 9.17) is 14.3 Å². The fourth-order valence-electron chi connectivity index (χ4n) is 0. The van der Waals surface area contributed by atoms with Crippen molar-refractivity contribution in [3.8, 4) is 0 Å². The summed E-state index contributed by atoms with van der Waals surface area (Å²) in [5.74, 6) is 0. The summed E-state index contributed by atoms with van der Waals surface area (Å²) >= 11 is -6.02. The molecule has 0 fully saturated rings. The Kier molecular flexibility index (Phi) is 25.7. The van der Waals surface area contributed by atoms with Gasteiger partial charge in [0.1, 0.15) is 0 Å². The summed E-state index contributed by atoms with van der Waals surface area (Å²) < 4.78 is 34.5. The minimum atomic E-state index is -6.02. The van der Waals surface area contributed by atoms with E-state index in [2.05, 4.69) is 0 Å². The van der Waals surface area contributed by atoms with E-state index in [0.29, 0.717) is 0 Å². The predicted molar refractivity (Wildman–Crippen MR) is 4.99 cm³/mol. The molecule has 0 bridgehead atoms. The summed E-state index contributed by atoms with van der Waals surface area (Å²) in [6.07, 6.45) is 0. The third-order valence-corrected chi connectivity index (χ3v) is 0. The first-order chi connectivity index (χ1) is 2.00. The zero-order valence-electron chi connectivity index (χ0n) is 4.54. The van der Waals surface area contributed by atoms with Crippen LogP contribution in [0.3, 0.4) is 0 Å². The second-order valence-corrected chi connectivity index (χ2v) is 2.42. The van der Waals surface area contributed by atoms with E-state index in [1.807, 2.05) is 0 Å². The molecular weight excluding hydrogens is 222 g/mol. The van der Waals surface area contributed by atoms with Crippen molar-refractivity contribution in [3.63, 3.8) is 0 Å². The van der Waals surface area contributed by atoms with Crippen LogP contribution in [0.15, 0.2) is 0 Å². The van der Waals surface area contributed by atoms with Gasteiger partial charge < -0.3 is 5.48 Å². The quantitative estimate of drug-likeness (QED) is 0.380. The monoisotopic (exact) mass is 226 g/mol. The van der Waals surface area contributed by atoms with E-state index in [-0.39, 0.29) is 64.6 Å². The van der Waals surface area contributed by atoms with Crippen LogP contribution in [0.5, 0.6) is 0 Å². The van der Waals surface area contributed by atoms with Crippen molar-refractivity contribution in [2.24, 2.45) is 0 Å². The Morgan fingerprint density at radius 2 is 1.00 bits per heavy atom. The fraction of sp³-hybridized carbons (Fsp3) is 0. The van der Waals surface area contributed by atoms with Gasteiger partial charge in [-0.1, -0.05) is 0 Å². The molecule has 2 N–H and O–H groups in total. The van der Waals surface area contributed by atoms with Gasteiger partial charge >= 0.3 is 90.2 Å². The average molecular weight is 224 g/mol. The molecule has 0 aliphatic heterocycles. The third kappa shape index (κ3) is 89.3. The molecule has 0 saturated heterocycles. The summed E-state index contributed by atoms with van der Waals surface area (Å²) in [6.45, 7) is 0. The Labute approximate surface area is 94.1 Å². The van der Waals surface area contributed by atoms with Crippen LogP contribution >= 0.6 is 0 Å². The first-order valence-corrected chi connectivity index (χ1v) is 3.94. The summed E-state index contributed by atoms with van der Waals surface area (Å²) in [4.78, 5) is 0. The second kappa shape index (κ2) is 9.17. The fourth-order valence-corrected chi connectivity index (χ4v) is 0. The minimum absolute atomic E-state index is 0. The van der Waals surface area contributed by atoms with Gasteiger partial charge in [0.25, 0.3) is 0 Å². The van der Waals surface area contributed by atoms with Crippen LogP contribution in [0.2, 0.25) is 0 Å². The van der Waals surface area contributed by atoms with E-state index < -0.39 is 16.7 Å². The van der Waals surface area contributed by atoms with E-state index in [9.17, 15) is 0 Å². The average Bonchev–Trinajstić information content (AvgIpc) is 0.722. The van der Waals surface area contributed by atoms with Crippen LogP contribution in [-0.4, -0.2) is 5.48 Å². The van der Waals surface area contributed by atoms with Gasteiger partial charge in [0.05, 0.1) is 0 Å². The molecule has 40 valence electrons. The summed E-state index contributed by atoms with van der Waals surface area (Å²) in [7, 11) is 0. The zero-order chi connectivity index (χ0) is 4.50. The van der Waals surface area contributed by atoms with Crippen molar-refractivity contribution >= 4 is 0 Å². The zero-order valence-corrected chi connectivity index (χ0v) is 10.5. The Hall–Kier alpha value is 2.17. The van der Waals surface area contributed by atoms with Crippen molar-refractivity contribution in [2.75, 3.05) is 0 Å². The van der Waals surface area contributed by atoms with Gasteiger partial charge in [0.2, 0.25) is 0 Å². The third-order valence-electron chi connectivity index (χ3n) is 0. The van der Waals surface area contributed by atoms with Gasteiger partial charge in [-0.25, -0.2) is 0 Å².